The molecule has 96 valence electrons. The first-order valence-electron chi connectivity index (χ1n) is 5.50. The first-order valence-corrected chi connectivity index (χ1v) is 5.91. The van der Waals surface area contributed by atoms with Crippen LogP contribution in [0, 0.1) is 16.4 Å². The number of rotatable bonds is 2. The molecule has 0 aliphatic heterocycles. The molecule has 0 radical (unpaired) electrons. The van der Waals surface area contributed by atoms with Gasteiger partial charge in [0, 0.05) is 6.20 Å². The standard InChI is InChI=1S/C12H8F2N4S/c13-8-3-4-9-11(10(8)14)18(12(19)16-9)6-7-2-1-5-15-17-7/h1-5H,6H2,(H,16,19). The largest absolute Gasteiger partial charge is 0.330 e. The van der Waals surface area contributed by atoms with Crippen molar-refractivity contribution >= 4 is 23.3 Å². The van der Waals surface area contributed by atoms with Gasteiger partial charge in [0.15, 0.2) is 16.4 Å². The highest BCUT2D eigenvalue weighted by molar-refractivity contribution is 7.71. The number of nitrogens with one attached hydrogen (secondary N) is 1. The molecule has 7 heteroatoms. The van der Waals surface area contributed by atoms with Gasteiger partial charge in [-0.15, -0.1) is 0 Å². The Morgan fingerprint density at radius 3 is 2.84 bits per heavy atom. The number of hydrogen-bond acceptors (Lipinski definition) is 3. The van der Waals surface area contributed by atoms with E-state index in [0.717, 1.165) is 6.07 Å². The highest BCUT2D eigenvalue weighted by atomic mass is 32.1. The van der Waals surface area contributed by atoms with Gasteiger partial charge in [0.2, 0.25) is 0 Å². The Bertz CT molecular complexity index is 795. The fourth-order valence-electron chi connectivity index (χ4n) is 1.92. The molecule has 3 aromatic rings. The minimum absolute atomic E-state index is 0.107. The third kappa shape index (κ3) is 2.01. The van der Waals surface area contributed by atoms with Gasteiger partial charge in [0.1, 0.15) is 5.52 Å². The summed E-state index contributed by atoms with van der Waals surface area (Å²) in [5, 5.41) is 7.65. The highest BCUT2D eigenvalue weighted by Crippen LogP contribution is 2.21. The smallest absolute Gasteiger partial charge is 0.184 e. The molecule has 0 atom stereocenters. The average molecular weight is 278 g/mol. The number of nitrogens with zero attached hydrogens (tertiary/aromatic N) is 3. The molecule has 0 saturated carbocycles. The van der Waals surface area contributed by atoms with Gasteiger partial charge in [-0.05, 0) is 36.5 Å². The monoisotopic (exact) mass is 278 g/mol. The second kappa shape index (κ2) is 4.51. The molecule has 3 rings (SSSR count). The molecule has 0 amide bonds. The minimum Gasteiger partial charge on any atom is -0.330 e. The molecule has 0 spiro atoms. The second-order valence-corrected chi connectivity index (χ2v) is 4.38. The predicted octanol–water partition coefficient (Wildman–Crippen LogP) is 2.82. The lowest BCUT2D eigenvalue weighted by Gasteiger charge is -2.04. The first kappa shape index (κ1) is 11.9. The Balaban J connectivity index is 2.21. The van der Waals surface area contributed by atoms with Crippen LogP contribution in [-0.2, 0) is 6.54 Å². The minimum atomic E-state index is -0.922. The van der Waals surface area contributed by atoms with E-state index >= 15 is 0 Å². The number of fused-ring (bicyclic) bond motifs is 1. The molecule has 1 aromatic carbocycles. The molecule has 0 aliphatic rings. The Kier molecular flexibility index (Phi) is 2.83. The Morgan fingerprint density at radius 2 is 2.11 bits per heavy atom. The van der Waals surface area contributed by atoms with Crippen LogP contribution in [0.4, 0.5) is 8.78 Å². The topological polar surface area (TPSA) is 46.5 Å². The van der Waals surface area contributed by atoms with Crippen LogP contribution in [0.2, 0.25) is 0 Å². The Labute approximate surface area is 111 Å². The van der Waals surface area contributed by atoms with Crippen LogP contribution in [-0.4, -0.2) is 19.7 Å². The van der Waals surface area contributed by atoms with Gasteiger partial charge in [-0.1, -0.05) is 0 Å². The maximum absolute atomic E-state index is 13.9. The average Bonchev–Trinajstić information content (AvgIpc) is 2.73. The molecule has 2 aromatic heterocycles. The summed E-state index contributed by atoms with van der Waals surface area (Å²) in [6.45, 7) is 0.229. The number of aromatic nitrogens is 4. The lowest BCUT2D eigenvalue weighted by atomic mass is 10.3. The molecule has 0 saturated heterocycles. The maximum Gasteiger partial charge on any atom is 0.184 e. The van der Waals surface area contributed by atoms with Crippen molar-refractivity contribution in [1.82, 2.24) is 19.7 Å². The van der Waals surface area contributed by atoms with Crippen LogP contribution in [0.15, 0.2) is 30.5 Å². The molecule has 2 heterocycles. The fourth-order valence-corrected chi connectivity index (χ4v) is 2.19. The summed E-state index contributed by atoms with van der Waals surface area (Å²) in [6, 6.07) is 5.98. The van der Waals surface area contributed by atoms with Crippen molar-refractivity contribution in [1.29, 1.82) is 0 Å². The number of halogens is 2. The van der Waals surface area contributed by atoms with Gasteiger partial charge < -0.3 is 9.55 Å². The van der Waals surface area contributed by atoms with Gasteiger partial charge in [-0.2, -0.15) is 10.2 Å². The van der Waals surface area contributed by atoms with E-state index in [-0.39, 0.29) is 12.1 Å². The SMILES string of the molecule is Fc1ccc2[nH]c(=S)n(Cc3cccnn3)c2c1F. The highest BCUT2D eigenvalue weighted by Gasteiger charge is 2.14. The van der Waals surface area contributed by atoms with E-state index in [2.05, 4.69) is 15.2 Å². The molecule has 0 aliphatic carbocycles. The summed E-state index contributed by atoms with van der Waals surface area (Å²) in [7, 11) is 0. The van der Waals surface area contributed by atoms with E-state index in [4.69, 9.17) is 12.2 Å². The van der Waals surface area contributed by atoms with Gasteiger partial charge in [-0.3, -0.25) is 0 Å². The van der Waals surface area contributed by atoms with Gasteiger partial charge >= 0.3 is 0 Å². The van der Waals surface area contributed by atoms with Crippen LogP contribution in [0.3, 0.4) is 0 Å². The van der Waals surface area contributed by atoms with Crippen LogP contribution in [0.25, 0.3) is 11.0 Å². The molecule has 0 bridgehead atoms. The fraction of sp³-hybridized carbons (Fsp3) is 0.0833. The van der Waals surface area contributed by atoms with Crippen molar-refractivity contribution in [2.24, 2.45) is 0 Å². The summed E-state index contributed by atoms with van der Waals surface area (Å²) in [4.78, 5) is 2.84. The van der Waals surface area contributed by atoms with Crippen LogP contribution in [0.5, 0.6) is 0 Å². The van der Waals surface area contributed by atoms with Crippen molar-refractivity contribution in [3.05, 3.63) is 52.6 Å². The van der Waals surface area contributed by atoms with Crippen molar-refractivity contribution in [2.75, 3.05) is 0 Å². The van der Waals surface area contributed by atoms with E-state index in [1.165, 1.54) is 16.8 Å². The third-order valence-corrected chi connectivity index (χ3v) is 3.10. The summed E-state index contributed by atoms with van der Waals surface area (Å²) in [5.74, 6) is -1.83. The van der Waals surface area contributed by atoms with Crippen molar-refractivity contribution in [3.63, 3.8) is 0 Å². The Morgan fingerprint density at radius 1 is 1.26 bits per heavy atom. The van der Waals surface area contributed by atoms with Gasteiger partial charge in [-0.25, -0.2) is 8.78 Å². The van der Waals surface area contributed by atoms with E-state index in [0.29, 0.717) is 16.0 Å². The number of H-pyrrole nitrogens is 1. The molecule has 0 unspecified atom stereocenters. The molecule has 19 heavy (non-hydrogen) atoms. The summed E-state index contributed by atoms with van der Waals surface area (Å²) < 4.78 is 29.0. The number of hydrogen-bond donors (Lipinski definition) is 1. The molecule has 4 nitrogen and oxygen atoms in total. The molecule has 1 N–H and O–H groups in total. The second-order valence-electron chi connectivity index (χ2n) is 3.99. The van der Waals surface area contributed by atoms with Crippen molar-refractivity contribution < 1.29 is 8.78 Å². The quantitative estimate of drug-likeness (QED) is 0.733. The predicted molar refractivity (Wildman–Crippen MR) is 68.2 cm³/mol. The van der Waals surface area contributed by atoms with Crippen LogP contribution in [0.1, 0.15) is 5.69 Å². The first-order chi connectivity index (χ1) is 9.16. The number of aromatic amines is 1. The summed E-state index contributed by atoms with van der Waals surface area (Å²) in [6.07, 6.45) is 1.54. The van der Waals surface area contributed by atoms with E-state index in [9.17, 15) is 8.78 Å². The van der Waals surface area contributed by atoms with Gasteiger partial charge in [0.25, 0.3) is 0 Å². The number of imidazole rings is 1. The lowest BCUT2D eigenvalue weighted by Crippen LogP contribution is -2.04. The lowest BCUT2D eigenvalue weighted by molar-refractivity contribution is 0.512. The zero-order valence-electron chi connectivity index (χ0n) is 9.60. The van der Waals surface area contributed by atoms with Crippen molar-refractivity contribution in [3.8, 4) is 0 Å². The van der Waals surface area contributed by atoms with E-state index in [1.807, 2.05) is 0 Å². The normalized spacial score (nSPS) is 11.1. The zero-order chi connectivity index (χ0) is 13.4. The molecular weight excluding hydrogens is 270 g/mol. The zero-order valence-corrected chi connectivity index (χ0v) is 10.4. The maximum atomic E-state index is 13.9. The van der Waals surface area contributed by atoms with Crippen LogP contribution >= 0.6 is 12.2 Å². The Hall–Kier alpha value is -2.15. The van der Waals surface area contributed by atoms with E-state index < -0.39 is 11.6 Å². The number of benzene rings is 1. The summed E-state index contributed by atoms with van der Waals surface area (Å²) in [5.41, 5.74) is 1.17. The third-order valence-electron chi connectivity index (χ3n) is 2.77. The van der Waals surface area contributed by atoms with Crippen LogP contribution < -0.4 is 0 Å². The summed E-state index contributed by atoms with van der Waals surface area (Å²) >= 11 is 5.13. The van der Waals surface area contributed by atoms with E-state index in [1.54, 1.807) is 12.1 Å². The van der Waals surface area contributed by atoms with Crippen molar-refractivity contribution in [2.45, 2.75) is 6.54 Å². The van der Waals surface area contributed by atoms with Gasteiger partial charge in [0.05, 0.1) is 17.8 Å². The molecule has 0 fully saturated rings. The molecular formula is C12H8F2N4S.